The molecule has 4 amide bonds. The van der Waals surface area contributed by atoms with Crippen molar-refractivity contribution in [1.82, 2.24) is 15.5 Å². The number of carbonyl (C=O) groups is 5. The van der Waals surface area contributed by atoms with Gasteiger partial charge in [0, 0.05) is 18.7 Å². The van der Waals surface area contributed by atoms with Gasteiger partial charge in [0.1, 0.15) is 18.1 Å². The van der Waals surface area contributed by atoms with Gasteiger partial charge in [-0.15, -0.1) is 0 Å². The summed E-state index contributed by atoms with van der Waals surface area (Å²) in [5, 5.41) is 14.3. The second-order valence-electron chi connectivity index (χ2n) is 7.23. The van der Waals surface area contributed by atoms with E-state index < -0.39 is 53.8 Å². The van der Waals surface area contributed by atoms with Crippen molar-refractivity contribution in [2.75, 3.05) is 24.3 Å². The molecule has 13 heteroatoms. The smallest absolute Gasteiger partial charge is 0.326 e. The summed E-state index contributed by atoms with van der Waals surface area (Å²) in [6.07, 6.45) is 2.86. The summed E-state index contributed by atoms with van der Waals surface area (Å²) in [6.45, 7) is 0.232. The first kappa shape index (κ1) is 27.0. The van der Waals surface area contributed by atoms with Gasteiger partial charge in [0.2, 0.25) is 23.6 Å². The van der Waals surface area contributed by atoms with E-state index in [1.165, 1.54) is 16.7 Å². The second kappa shape index (κ2) is 13.4. The lowest BCUT2D eigenvalue weighted by Crippen LogP contribution is -2.57. The maximum absolute atomic E-state index is 12.9. The number of hydrogen-bond acceptors (Lipinski definition) is 8. The third-order valence-corrected chi connectivity index (χ3v) is 5.91. The molecule has 1 fully saturated rings. The zero-order valence-electron chi connectivity index (χ0n) is 17.4. The fourth-order valence-corrected chi connectivity index (χ4v) is 3.90. The van der Waals surface area contributed by atoms with Gasteiger partial charge in [-0.2, -0.15) is 24.4 Å². The van der Waals surface area contributed by atoms with Crippen LogP contribution in [-0.2, 0) is 24.0 Å². The lowest BCUT2D eigenvalue weighted by atomic mass is 10.1. The van der Waals surface area contributed by atoms with Crippen molar-refractivity contribution >= 4 is 54.0 Å². The Morgan fingerprint density at radius 3 is 2.35 bits per heavy atom. The van der Waals surface area contributed by atoms with Gasteiger partial charge in [-0.25, -0.2) is 4.79 Å². The molecule has 1 aliphatic rings. The number of thioether (sulfide) groups is 1. The van der Waals surface area contributed by atoms with Gasteiger partial charge >= 0.3 is 5.97 Å². The molecule has 0 aliphatic carbocycles. The number of nitrogens with one attached hydrogen (secondary N) is 2. The number of hydrogen-bond donors (Lipinski definition) is 6. The molecule has 0 aromatic rings. The van der Waals surface area contributed by atoms with Crippen LogP contribution in [0.1, 0.15) is 32.1 Å². The Bertz CT molecular complexity index is 680. The molecular weight excluding hydrogens is 446 g/mol. The van der Waals surface area contributed by atoms with Crippen LogP contribution < -0.4 is 22.1 Å². The summed E-state index contributed by atoms with van der Waals surface area (Å²) >= 11 is 5.62. The number of aliphatic carboxylic acids is 1. The monoisotopic (exact) mass is 477 g/mol. The molecule has 4 atom stereocenters. The molecular formula is C18H31N5O6S2. The Labute approximate surface area is 190 Å². The van der Waals surface area contributed by atoms with E-state index in [0.29, 0.717) is 25.0 Å². The van der Waals surface area contributed by atoms with E-state index in [-0.39, 0.29) is 25.1 Å². The summed E-state index contributed by atoms with van der Waals surface area (Å²) in [5.74, 6) is -2.99. The molecule has 4 unspecified atom stereocenters. The highest BCUT2D eigenvalue weighted by Gasteiger charge is 2.38. The Balaban J connectivity index is 2.87. The lowest BCUT2D eigenvalue weighted by molar-refractivity contribution is -0.149. The van der Waals surface area contributed by atoms with Crippen LogP contribution in [0, 0.1) is 0 Å². The zero-order valence-corrected chi connectivity index (χ0v) is 19.1. The van der Waals surface area contributed by atoms with Crippen molar-refractivity contribution in [3.8, 4) is 0 Å². The van der Waals surface area contributed by atoms with Gasteiger partial charge in [-0.3, -0.25) is 19.2 Å². The van der Waals surface area contributed by atoms with Crippen LogP contribution in [-0.4, -0.2) is 88.1 Å². The van der Waals surface area contributed by atoms with Crippen LogP contribution in [0.3, 0.4) is 0 Å². The molecule has 0 bridgehead atoms. The highest BCUT2D eigenvalue weighted by Crippen LogP contribution is 2.19. The number of nitrogens with zero attached hydrogens (tertiary/aromatic N) is 1. The third-order valence-electron chi connectivity index (χ3n) is 4.90. The molecule has 1 heterocycles. The zero-order chi connectivity index (χ0) is 23.6. The van der Waals surface area contributed by atoms with Crippen molar-refractivity contribution in [3.63, 3.8) is 0 Å². The van der Waals surface area contributed by atoms with Gasteiger partial charge < -0.3 is 32.1 Å². The van der Waals surface area contributed by atoms with Gasteiger partial charge in [0.05, 0.1) is 6.04 Å². The van der Waals surface area contributed by atoms with Crippen LogP contribution in [0.25, 0.3) is 0 Å². The highest BCUT2D eigenvalue weighted by molar-refractivity contribution is 7.98. The number of thiol groups is 1. The predicted molar refractivity (Wildman–Crippen MR) is 119 cm³/mol. The number of likely N-dealkylation sites (tertiary alicyclic amines) is 1. The first-order valence-electron chi connectivity index (χ1n) is 9.90. The molecule has 0 aromatic carbocycles. The molecule has 0 saturated carbocycles. The van der Waals surface area contributed by atoms with E-state index in [1.807, 2.05) is 6.26 Å². The van der Waals surface area contributed by atoms with Crippen molar-refractivity contribution in [2.45, 2.75) is 56.3 Å². The van der Waals surface area contributed by atoms with Crippen molar-refractivity contribution in [1.29, 1.82) is 0 Å². The van der Waals surface area contributed by atoms with Gasteiger partial charge in [-0.05, 0) is 37.7 Å². The van der Waals surface area contributed by atoms with Gasteiger partial charge in [0.25, 0.3) is 0 Å². The molecule has 1 rings (SSSR count). The number of nitrogens with two attached hydrogens (primary N) is 2. The number of carboxylic acids is 1. The van der Waals surface area contributed by atoms with E-state index in [2.05, 4.69) is 23.3 Å². The Morgan fingerprint density at radius 1 is 1.16 bits per heavy atom. The Kier molecular flexibility index (Phi) is 11.7. The summed E-state index contributed by atoms with van der Waals surface area (Å²) in [7, 11) is 0. The third kappa shape index (κ3) is 8.57. The minimum atomic E-state index is -1.16. The molecule has 7 N–H and O–H groups in total. The number of carboxylic acid groups (broad SMARTS) is 1. The first-order chi connectivity index (χ1) is 14.6. The molecule has 0 spiro atoms. The Hall–Kier alpha value is -1.99. The summed E-state index contributed by atoms with van der Waals surface area (Å²) in [4.78, 5) is 61.7. The van der Waals surface area contributed by atoms with Gasteiger partial charge in [0.15, 0.2) is 0 Å². The topological polar surface area (TPSA) is 185 Å². The fourth-order valence-electron chi connectivity index (χ4n) is 3.15. The van der Waals surface area contributed by atoms with Crippen LogP contribution >= 0.6 is 24.4 Å². The van der Waals surface area contributed by atoms with Crippen LogP contribution in [0.4, 0.5) is 0 Å². The molecule has 1 saturated heterocycles. The number of rotatable bonds is 13. The van der Waals surface area contributed by atoms with Crippen LogP contribution in [0.2, 0.25) is 0 Å². The number of amides is 4. The molecule has 11 nitrogen and oxygen atoms in total. The SMILES string of the molecule is CSCCC(N)C(=O)NC(CS)C(=O)NC(CCC(N)=O)C(=O)N1CCCC1C(=O)O. The number of primary amides is 1. The molecule has 0 radical (unpaired) electrons. The van der Waals surface area contributed by atoms with E-state index in [0.717, 1.165) is 0 Å². The van der Waals surface area contributed by atoms with Gasteiger partial charge in [-0.1, -0.05) is 0 Å². The molecule has 1 aliphatic heterocycles. The average molecular weight is 478 g/mol. The number of carbonyl (C=O) groups excluding carboxylic acids is 4. The standard InChI is InChI=1S/C18H31N5O6S2/c1-31-8-6-10(19)15(25)22-12(9-30)16(26)21-11(4-5-14(20)24)17(27)23-7-2-3-13(23)18(28)29/h10-13,30H,2-9,19H2,1H3,(H2,20,24)(H,21,26)(H,22,25)(H,28,29). The van der Waals surface area contributed by atoms with Crippen molar-refractivity contribution in [2.24, 2.45) is 11.5 Å². The van der Waals surface area contributed by atoms with Crippen LogP contribution in [0.5, 0.6) is 0 Å². The summed E-state index contributed by atoms with van der Waals surface area (Å²) in [5.41, 5.74) is 11.0. The average Bonchev–Trinajstić information content (AvgIpc) is 3.22. The normalized spacial score (nSPS) is 18.7. The highest BCUT2D eigenvalue weighted by atomic mass is 32.2. The quantitative estimate of drug-likeness (QED) is 0.170. The van der Waals surface area contributed by atoms with E-state index in [1.54, 1.807) is 0 Å². The van der Waals surface area contributed by atoms with E-state index in [4.69, 9.17) is 11.5 Å². The minimum absolute atomic E-state index is 0.0506. The van der Waals surface area contributed by atoms with Crippen molar-refractivity contribution in [3.05, 3.63) is 0 Å². The summed E-state index contributed by atoms with van der Waals surface area (Å²) in [6, 6.07) is -4.01. The van der Waals surface area contributed by atoms with E-state index in [9.17, 15) is 29.1 Å². The maximum atomic E-state index is 12.9. The molecule has 0 aromatic heterocycles. The van der Waals surface area contributed by atoms with E-state index >= 15 is 0 Å². The van der Waals surface area contributed by atoms with Crippen molar-refractivity contribution < 1.29 is 29.1 Å². The fraction of sp³-hybridized carbons (Fsp3) is 0.722. The Morgan fingerprint density at radius 2 is 1.81 bits per heavy atom. The predicted octanol–water partition coefficient (Wildman–Crippen LogP) is -1.69. The second-order valence-corrected chi connectivity index (χ2v) is 8.58. The maximum Gasteiger partial charge on any atom is 0.326 e. The summed E-state index contributed by atoms with van der Waals surface area (Å²) < 4.78 is 0. The van der Waals surface area contributed by atoms with Crippen LogP contribution in [0.15, 0.2) is 0 Å². The largest absolute Gasteiger partial charge is 0.480 e. The molecule has 31 heavy (non-hydrogen) atoms. The lowest BCUT2D eigenvalue weighted by Gasteiger charge is -2.28. The minimum Gasteiger partial charge on any atom is -0.480 e. The molecule has 176 valence electrons. The first-order valence-corrected chi connectivity index (χ1v) is 11.9.